The van der Waals surface area contributed by atoms with Crippen molar-refractivity contribution < 1.29 is 23.4 Å². The summed E-state index contributed by atoms with van der Waals surface area (Å²) >= 11 is 0. The van der Waals surface area contributed by atoms with E-state index in [1.807, 2.05) is 0 Å². The molecule has 7 nitrogen and oxygen atoms in total. The normalized spacial score (nSPS) is 15.6. The number of methoxy groups -OCH3 is 3. The van der Waals surface area contributed by atoms with Gasteiger partial charge in [0.25, 0.3) is 5.91 Å². The van der Waals surface area contributed by atoms with Gasteiger partial charge in [-0.25, -0.2) is 0 Å². The second kappa shape index (κ2) is 6.60. The van der Waals surface area contributed by atoms with Crippen LogP contribution in [0.5, 0.6) is 17.2 Å². The first-order chi connectivity index (χ1) is 13.5. The summed E-state index contributed by atoms with van der Waals surface area (Å²) < 4.78 is 22.2. The number of hydrogen-bond donors (Lipinski definition) is 0. The molecule has 0 saturated carbocycles. The lowest BCUT2D eigenvalue weighted by molar-refractivity contribution is 0.0770. The highest BCUT2D eigenvalue weighted by atomic mass is 16.5. The maximum atomic E-state index is 13.2. The molecule has 0 N–H and O–H groups in total. The van der Waals surface area contributed by atoms with E-state index in [-0.39, 0.29) is 22.7 Å². The summed E-state index contributed by atoms with van der Waals surface area (Å²) in [4.78, 5) is 27.6. The number of rotatable bonds is 4. The van der Waals surface area contributed by atoms with Crippen molar-refractivity contribution in [3.63, 3.8) is 0 Å². The van der Waals surface area contributed by atoms with E-state index in [1.54, 1.807) is 43.4 Å². The number of hydrogen-bond acceptors (Lipinski definition) is 6. The Labute approximate surface area is 161 Å². The van der Waals surface area contributed by atoms with Gasteiger partial charge in [-0.1, -0.05) is 12.1 Å². The average Bonchev–Trinajstić information content (AvgIpc) is 2.97. The molecule has 2 aromatic carbocycles. The maximum absolute atomic E-state index is 13.2. The molecular weight excluding hydrogens is 362 g/mol. The molecule has 0 saturated heterocycles. The lowest BCUT2D eigenvalue weighted by Gasteiger charge is -2.24. The fourth-order valence-corrected chi connectivity index (χ4v) is 3.74. The van der Waals surface area contributed by atoms with Gasteiger partial charge in [-0.2, -0.15) is 0 Å². The highest BCUT2D eigenvalue weighted by Gasteiger charge is 2.42. The van der Waals surface area contributed by atoms with Gasteiger partial charge in [-0.05, 0) is 24.3 Å². The van der Waals surface area contributed by atoms with Gasteiger partial charge in [0.1, 0.15) is 5.58 Å². The van der Waals surface area contributed by atoms with E-state index in [4.69, 9.17) is 18.6 Å². The number of fused-ring (bicyclic) bond motifs is 2. The second-order valence-corrected chi connectivity index (χ2v) is 6.41. The van der Waals surface area contributed by atoms with Crippen LogP contribution in [0.3, 0.4) is 0 Å². The number of nitrogens with zero attached hydrogens (tertiary/aromatic N) is 1. The minimum absolute atomic E-state index is 0.0491. The maximum Gasteiger partial charge on any atom is 0.290 e. The van der Waals surface area contributed by atoms with E-state index >= 15 is 0 Å². The Morgan fingerprint density at radius 1 is 0.929 bits per heavy atom. The third-order valence-electron chi connectivity index (χ3n) is 5.04. The average molecular weight is 381 g/mol. The Hall–Kier alpha value is -3.48. The summed E-state index contributed by atoms with van der Waals surface area (Å²) in [5.41, 5.74) is 1.04. The lowest BCUT2D eigenvalue weighted by atomic mass is 9.97. The number of benzene rings is 2. The van der Waals surface area contributed by atoms with Crippen molar-refractivity contribution in [3.8, 4) is 17.2 Å². The first-order valence-corrected chi connectivity index (χ1v) is 8.65. The molecule has 144 valence electrons. The van der Waals surface area contributed by atoms with Crippen LogP contribution in [0.25, 0.3) is 11.0 Å². The molecule has 0 spiro atoms. The number of para-hydroxylation sites is 1. The highest BCUT2D eigenvalue weighted by Crippen LogP contribution is 2.47. The van der Waals surface area contributed by atoms with Crippen LogP contribution in [0.1, 0.15) is 27.7 Å². The molecular formula is C21H19NO6. The van der Waals surface area contributed by atoms with E-state index in [0.29, 0.717) is 33.8 Å². The molecule has 0 bridgehead atoms. The van der Waals surface area contributed by atoms with Crippen molar-refractivity contribution in [2.45, 2.75) is 6.04 Å². The van der Waals surface area contributed by atoms with E-state index in [0.717, 1.165) is 0 Å². The quantitative estimate of drug-likeness (QED) is 0.691. The molecule has 4 rings (SSSR count). The summed E-state index contributed by atoms with van der Waals surface area (Å²) in [5, 5.41) is 0.425. The van der Waals surface area contributed by atoms with Crippen LogP contribution >= 0.6 is 0 Å². The zero-order valence-electron chi connectivity index (χ0n) is 15.9. The zero-order chi connectivity index (χ0) is 20.0. The van der Waals surface area contributed by atoms with Crippen molar-refractivity contribution in [1.82, 2.24) is 4.90 Å². The number of carbonyl (C=O) groups is 1. The molecule has 0 fully saturated rings. The standard InChI is InChI=1S/C21H19NO6/c1-22-16(12-9-10-14(25-2)19(27-4)18(12)26-3)15-17(23)11-7-5-6-8-13(11)28-20(15)21(22)24/h5-10,16H,1-4H3/t16-/m1/s1. The summed E-state index contributed by atoms with van der Waals surface area (Å²) in [6.45, 7) is 0. The minimum atomic E-state index is -0.668. The number of amides is 1. The van der Waals surface area contributed by atoms with Crippen molar-refractivity contribution in [1.29, 1.82) is 0 Å². The molecule has 1 aromatic heterocycles. The highest BCUT2D eigenvalue weighted by molar-refractivity contribution is 5.99. The van der Waals surface area contributed by atoms with Gasteiger partial charge >= 0.3 is 0 Å². The SMILES string of the molecule is COc1ccc([C@@H]2c3c(oc4ccccc4c3=O)C(=O)N2C)c(OC)c1OC. The van der Waals surface area contributed by atoms with Gasteiger partial charge in [-0.15, -0.1) is 0 Å². The number of carbonyl (C=O) groups excluding carboxylic acids is 1. The van der Waals surface area contributed by atoms with Crippen LogP contribution in [-0.4, -0.2) is 39.2 Å². The predicted molar refractivity (Wildman–Crippen MR) is 103 cm³/mol. The fraction of sp³-hybridized carbons (Fsp3) is 0.238. The Kier molecular flexibility index (Phi) is 4.22. The minimum Gasteiger partial charge on any atom is -0.493 e. The van der Waals surface area contributed by atoms with E-state index in [1.165, 1.54) is 26.2 Å². The van der Waals surface area contributed by atoms with Crippen molar-refractivity contribution in [2.75, 3.05) is 28.4 Å². The van der Waals surface area contributed by atoms with Crippen molar-refractivity contribution >= 4 is 16.9 Å². The molecule has 3 aromatic rings. The van der Waals surface area contributed by atoms with Gasteiger partial charge in [0.2, 0.25) is 11.5 Å². The van der Waals surface area contributed by atoms with E-state index in [2.05, 4.69) is 0 Å². The lowest BCUT2D eigenvalue weighted by Crippen LogP contribution is -2.25. The summed E-state index contributed by atoms with van der Waals surface area (Å²) in [7, 11) is 6.16. The summed E-state index contributed by atoms with van der Waals surface area (Å²) in [6, 6.07) is 9.70. The molecule has 0 unspecified atom stereocenters. The fourth-order valence-electron chi connectivity index (χ4n) is 3.74. The Morgan fingerprint density at radius 3 is 2.32 bits per heavy atom. The predicted octanol–water partition coefficient (Wildman–Crippen LogP) is 2.99. The Morgan fingerprint density at radius 2 is 1.64 bits per heavy atom. The molecule has 1 atom stereocenters. The smallest absolute Gasteiger partial charge is 0.290 e. The Bertz CT molecular complexity index is 1150. The van der Waals surface area contributed by atoms with Crippen molar-refractivity contribution in [3.05, 3.63) is 63.5 Å². The number of ether oxygens (including phenoxy) is 3. The van der Waals surface area contributed by atoms with Gasteiger partial charge in [-0.3, -0.25) is 9.59 Å². The molecule has 7 heteroatoms. The first-order valence-electron chi connectivity index (χ1n) is 8.65. The monoisotopic (exact) mass is 381 g/mol. The second-order valence-electron chi connectivity index (χ2n) is 6.41. The van der Waals surface area contributed by atoms with E-state index < -0.39 is 6.04 Å². The van der Waals surface area contributed by atoms with Crippen LogP contribution < -0.4 is 19.6 Å². The Balaban J connectivity index is 2.03. The van der Waals surface area contributed by atoms with Gasteiger partial charge < -0.3 is 23.5 Å². The summed E-state index contributed by atoms with van der Waals surface area (Å²) in [5.74, 6) is 0.961. The van der Waals surface area contributed by atoms with Gasteiger partial charge in [0.15, 0.2) is 16.9 Å². The van der Waals surface area contributed by atoms with Crippen molar-refractivity contribution in [2.24, 2.45) is 0 Å². The third kappa shape index (κ3) is 2.36. The van der Waals surface area contributed by atoms with Crippen LogP contribution in [0.15, 0.2) is 45.6 Å². The van der Waals surface area contributed by atoms with Crippen LogP contribution in [0, 0.1) is 0 Å². The molecule has 2 heterocycles. The van der Waals surface area contributed by atoms with Crippen LogP contribution in [0.2, 0.25) is 0 Å². The molecule has 28 heavy (non-hydrogen) atoms. The molecule has 1 aliphatic rings. The molecule has 0 aliphatic carbocycles. The first kappa shape index (κ1) is 17.9. The molecule has 1 amide bonds. The third-order valence-corrected chi connectivity index (χ3v) is 5.04. The van der Waals surface area contributed by atoms with Gasteiger partial charge in [0.05, 0.1) is 38.3 Å². The van der Waals surface area contributed by atoms with Crippen LogP contribution in [0.4, 0.5) is 0 Å². The summed E-state index contributed by atoms with van der Waals surface area (Å²) in [6.07, 6.45) is 0. The van der Waals surface area contributed by atoms with E-state index in [9.17, 15) is 9.59 Å². The van der Waals surface area contributed by atoms with Gasteiger partial charge in [0, 0.05) is 12.6 Å². The molecule has 1 aliphatic heterocycles. The van der Waals surface area contributed by atoms with Crippen LogP contribution in [-0.2, 0) is 0 Å². The molecule has 0 radical (unpaired) electrons. The zero-order valence-corrected chi connectivity index (χ0v) is 15.9. The topological polar surface area (TPSA) is 78.2 Å². The largest absolute Gasteiger partial charge is 0.493 e.